The first-order chi connectivity index (χ1) is 12.0. The Labute approximate surface area is 155 Å². The topological polar surface area (TPSA) is 62.3 Å². The number of likely N-dealkylation sites (tertiary alicyclic amines) is 1. The van der Waals surface area contributed by atoms with E-state index in [0.29, 0.717) is 47.1 Å². The van der Waals surface area contributed by atoms with Crippen LogP contribution in [0.5, 0.6) is 0 Å². The lowest BCUT2D eigenvalue weighted by molar-refractivity contribution is 0.0698. The third-order valence-electron chi connectivity index (χ3n) is 4.20. The maximum Gasteiger partial charge on any atom is 0.255 e. The monoisotopic (exact) mass is 377 g/mol. The van der Waals surface area contributed by atoms with Crippen molar-refractivity contribution in [1.29, 1.82) is 0 Å². The molecule has 0 bridgehead atoms. The summed E-state index contributed by atoms with van der Waals surface area (Å²) in [6, 6.07) is 8.36. The minimum absolute atomic E-state index is 0.0393. The fourth-order valence-corrected chi connectivity index (χ4v) is 3.32. The molecule has 0 unspecified atom stereocenters. The molecule has 1 saturated heterocycles. The van der Waals surface area contributed by atoms with Crippen molar-refractivity contribution in [3.8, 4) is 0 Å². The van der Waals surface area contributed by atoms with E-state index in [1.165, 1.54) is 6.20 Å². The van der Waals surface area contributed by atoms with Gasteiger partial charge < -0.3 is 10.2 Å². The summed E-state index contributed by atoms with van der Waals surface area (Å²) in [5.74, 6) is -0.252. The molecule has 0 saturated carbocycles. The number of aromatic nitrogens is 1. The zero-order chi connectivity index (χ0) is 17.8. The molecule has 130 valence electrons. The van der Waals surface area contributed by atoms with Gasteiger partial charge in [0.1, 0.15) is 0 Å². The van der Waals surface area contributed by atoms with E-state index in [9.17, 15) is 9.59 Å². The maximum atomic E-state index is 12.6. The van der Waals surface area contributed by atoms with Crippen molar-refractivity contribution in [1.82, 2.24) is 15.2 Å². The van der Waals surface area contributed by atoms with Crippen molar-refractivity contribution in [2.45, 2.75) is 18.9 Å². The van der Waals surface area contributed by atoms with E-state index >= 15 is 0 Å². The van der Waals surface area contributed by atoms with Gasteiger partial charge in [-0.3, -0.25) is 14.6 Å². The van der Waals surface area contributed by atoms with Crippen LogP contribution in [0.1, 0.15) is 33.6 Å². The van der Waals surface area contributed by atoms with Crippen LogP contribution in [-0.2, 0) is 0 Å². The number of nitrogens with zero attached hydrogens (tertiary/aromatic N) is 2. The predicted octanol–water partition coefficient (Wildman–Crippen LogP) is 3.42. The highest BCUT2D eigenvalue weighted by Crippen LogP contribution is 2.23. The lowest BCUT2D eigenvalue weighted by Gasteiger charge is -2.32. The van der Waals surface area contributed by atoms with Crippen LogP contribution in [0.2, 0.25) is 10.0 Å². The fourth-order valence-electron chi connectivity index (χ4n) is 2.83. The molecule has 3 rings (SSSR count). The lowest BCUT2D eigenvalue weighted by atomic mass is 10.0. The average Bonchev–Trinajstić information content (AvgIpc) is 2.62. The van der Waals surface area contributed by atoms with Gasteiger partial charge >= 0.3 is 0 Å². The number of piperidine rings is 1. The quantitative estimate of drug-likeness (QED) is 0.890. The second-order valence-corrected chi connectivity index (χ2v) is 6.75. The summed E-state index contributed by atoms with van der Waals surface area (Å²) >= 11 is 12.0. The van der Waals surface area contributed by atoms with Crippen LogP contribution < -0.4 is 5.32 Å². The van der Waals surface area contributed by atoms with Gasteiger partial charge in [0.05, 0.1) is 16.1 Å². The first-order valence-electron chi connectivity index (χ1n) is 8.00. The van der Waals surface area contributed by atoms with Crippen molar-refractivity contribution in [2.75, 3.05) is 13.1 Å². The number of pyridine rings is 1. The molecule has 1 aliphatic rings. The Balaban J connectivity index is 1.56. The van der Waals surface area contributed by atoms with Crippen LogP contribution in [0.3, 0.4) is 0 Å². The van der Waals surface area contributed by atoms with Crippen LogP contribution in [-0.4, -0.2) is 40.8 Å². The third kappa shape index (κ3) is 4.30. The summed E-state index contributed by atoms with van der Waals surface area (Å²) in [5.41, 5.74) is 0.984. The highest BCUT2D eigenvalue weighted by Gasteiger charge is 2.26. The van der Waals surface area contributed by atoms with Crippen molar-refractivity contribution in [3.05, 3.63) is 63.9 Å². The summed E-state index contributed by atoms with van der Waals surface area (Å²) in [6.07, 6.45) is 4.56. The summed E-state index contributed by atoms with van der Waals surface area (Å²) in [5, 5.41) is 3.84. The van der Waals surface area contributed by atoms with E-state index < -0.39 is 0 Å². The van der Waals surface area contributed by atoms with Gasteiger partial charge in [0.25, 0.3) is 11.8 Å². The van der Waals surface area contributed by atoms with Crippen molar-refractivity contribution >= 4 is 35.0 Å². The number of hydrogen-bond acceptors (Lipinski definition) is 3. The van der Waals surface area contributed by atoms with Gasteiger partial charge in [-0.2, -0.15) is 0 Å². The summed E-state index contributed by atoms with van der Waals surface area (Å²) in [7, 11) is 0. The first-order valence-corrected chi connectivity index (χ1v) is 8.75. The third-order valence-corrected chi connectivity index (χ3v) is 4.75. The molecule has 0 aliphatic carbocycles. The lowest BCUT2D eigenvalue weighted by Crippen LogP contribution is -2.46. The van der Waals surface area contributed by atoms with Crippen LogP contribution >= 0.6 is 23.2 Å². The predicted molar refractivity (Wildman–Crippen MR) is 97.1 cm³/mol. The molecule has 1 N–H and O–H groups in total. The number of benzene rings is 1. The molecule has 1 aromatic carbocycles. The number of carbonyl (C=O) groups is 2. The van der Waals surface area contributed by atoms with Crippen LogP contribution in [0, 0.1) is 0 Å². The Hall–Kier alpha value is -2.11. The van der Waals surface area contributed by atoms with Gasteiger partial charge in [0.15, 0.2) is 0 Å². The number of rotatable bonds is 3. The molecule has 1 aromatic heterocycles. The number of carbonyl (C=O) groups excluding carboxylic acids is 2. The maximum absolute atomic E-state index is 12.6. The van der Waals surface area contributed by atoms with Crippen LogP contribution in [0.15, 0.2) is 42.7 Å². The summed E-state index contributed by atoms with van der Waals surface area (Å²) in [4.78, 5) is 30.4. The fraction of sp³-hybridized carbons (Fsp3) is 0.278. The zero-order valence-electron chi connectivity index (χ0n) is 13.4. The van der Waals surface area contributed by atoms with Gasteiger partial charge in [-0.15, -0.1) is 0 Å². The molecule has 0 radical (unpaired) electrons. The Morgan fingerprint density at radius 1 is 1.16 bits per heavy atom. The van der Waals surface area contributed by atoms with E-state index in [1.807, 2.05) is 0 Å². The highest BCUT2D eigenvalue weighted by molar-refractivity contribution is 6.36. The number of halogens is 2. The second-order valence-electron chi connectivity index (χ2n) is 5.91. The molecule has 25 heavy (non-hydrogen) atoms. The van der Waals surface area contributed by atoms with Crippen molar-refractivity contribution < 1.29 is 9.59 Å². The average molecular weight is 378 g/mol. The van der Waals surface area contributed by atoms with E-state index in [-0.39, 0.29) is 17.9 Å². The Morgan fingerprint density at radius 2 is 1.92 bits per heavy atom. The van der Waals surface area contributed by atoms with E-state index in [0.717, 1.165) is 0 Å². The molecule has 2 heterocycles. The van der Waals surface area contributed by atoms with Gasteiger partial charge in [0.2, 0.25) is 0 Å². The van der Waals surface area contributed by atoms with Crippen molar-refractivity contribution in [3.63, 3.8) is 0 Å². The largest absolute Gasteiger partial charge is 0.349 e. The Bertz CT molecular complexity index is 775. The van der Waals surface area contributed by atoms with Gasteiger partial charge in [-0.05, 0) is 43.2 Å². The minimum atomic E-state index is -0.140. The van der Waals surface area contributed by atoms with Crippen molar-refractivity contribution in [2.24, 2.45) is 0 Å². The standard InChI is InChI=1S/C18H17Cl2N3O2/c19-13-3-4-15(16(20)10-13)18(25)23-8-5-14(6-9-23)22-17(24)12-2-1-7-21-11-12/h1-4,7,10-11,14H,5-6,8-9H2,(H,22,24). The second kappa shape index (κ2) is 7.85. The molecule has 1 aliphatic heterocycles. The molecular weight excluding hydrogens is 361 g/mol. The Morgan fingerprint density at radius 3 is 2.56 bits per heavy atom. The van der Waals surface area contributed by atoms with Gasteiger partial charge in [0, 0.05) is 36.5 Å². The van der Waals surface area contributed by atoms with Gasteiger partial charge in [-0.25, -0.2) is 0 Å². The number of amides is 2. The molecule has 2 aromatic rings. The normalized spacial score (nSPS) is 15.0. The first kappa shape index (κ1) is 17.7. The number of hydrogen-bond donors (Lipinski definition) is 1. The molecule has 5 nitrogen and oxygen atoms in total. The highest BCUT2D eigenvalue weighted by atomic mass is 35.5. The van der Waals surface area contributed by atoms with E-state index in [1.54, 1.807) is 41.4 Å². The minimum Gasteiger partial charge on any atom is -0.349 e. The van der Waals surface area contributed by atoms with E-state index in [2.05, 4.69) is 10.3 Å². The van der Waals surface area contributed by atoms with E-state index in [4.69, 9.17) is 23.2 Å². The molecule has 7 heteroatoms. The summed E-state index contributed by atoms with van der Waals surface area (Å²) < 4.78 is 0. The molecular formula is C18H17Cl2N3O2. The molecule has 2 amide bonds. The smallest absolute Gasteiger partial charge is 0.255 e. The van der Waals surface area contributed by atoms with Gasteiger partial charge in [-0.1, -0.05) is 23.2 Å². The molecule has 1 fully saturated rings. The zero-order valence-corrected chi connectivity index (χ0v) is 14.9. The SMILES string of the molecule is O=C(NC1CCN(C(=O)c2ccc(Cl)cc2Cl)CC1)c1cccnc1. The molecule has 0 atom stereocenters. The summed E-state index contributed by atoms with van der Waals surface area (Å²) in [6.45, 7) is 1.13. The Kier molecular flexibility index (Phi) is 5.56. The van der Waals surface area contributed by atoms with Crippen LogP contribution in [0.25, 0.3) is 0 Å². The van der Waals surface area contributed by atoms with Crippen LogP contribution in [0.4, 0.5) is 0 Å². The molecule has 0 spiro atoms. The number of nitrogens with one attached hydrogen (secondary N) is 1.